The van der Waals surface area contributed by atoms with E-state index in [0.29, 0.717) is 0 Å². The monoisotopic (exact) mass is 275 g/mol. The molecule has 110 valence electrons. The van der Waals surface area contributed by atoms with Crippen molar-refractivity contribution in [3.05, 3.63) is 0 Å². The maximum absolute atomic E-state index is 9.31. The number of nitrogens with zero attached hydrogens (tertiary/aromatic N) is 2. The second-order valence-corrected chi connectivity index (χ2v) is 4.17. The summed E-state index contributed by atoms with van der Waals surface area (Å²) >= 11 is 0. The van der Waals surface area contributed by atoms with Crippen LogP contribution in [0.3, 0.4) is 0 Å². The third kappa shape index (κ3) is 7.58. The fourth-order valence-electron chi connectivity index (χ4n) is 1.20. The standard InChI is InChI=1S/C11H21N3O5/c12-3-1-4-18-8-11(6-15,7-16)9-19-5-2-10(13)14-17/h15-17H,1-2,4-9H2,(H2,13,14). The lowest BCUT2D eigenvalue weighted by molar-refractivity contribution is -0.0751. The van der Waals surface area contributed by atoms with Crippen molar-refractivity contribution in [3.63, 3.8) is 0 Å². The highest BCUT2D eigenvalue weighted by Gasteiger charge is 2.29. The molecule has 0 bridgehead atoms. The summed E-state index contributed by atoms with van der Waals surface area (Å²) in [5, 5.41) is 38.1. The van der Waals surface area contributed by atoms with E-state index in [1.165, 1.54) is 0 Å². The van der Waals surface area contributed by atoms with Gasteiger partial charge in [0.15, 0.2) is 0 Å². The fraction of sp³-hybridized carbons (Fsp3) is 0.818. The van der Waals surface area contributed by atoms with Crippen LogP contribution >= 0.6 is 0 Å². The van der Waals surface area contributed by atoms with Gasteiger partial charge in [-0.3, -0.25) is 0 Å². The average Bonchev–Trinajstić information content (AvgIpc) is 2.45. The van der Waals surface area contributed by atoms with Gasteiger partial charge in [-0.2, -0.15) is 5.26 Å². The zero-order valence-electron chi connectivity index (χ0n) is 10.8. The number of hydrogen-bond acceptors (Lipinski definition) is 7. The molecule has 0 spiro atoms. The minimum absolute atomic E-state index is 0.0452. The summed E-state index contributed by atoms with van der Waals surface area (Å²) in [4.78, 5) is 0. The molecule has 0 saturated carbocycles. The van der Waals surface area contributed by atoms with Crippen molar-refractivity contribution in [3.8, 4) is 6.07 Å². The number of aliphatic hydroxyl groups is 2. The fourth-order valence-corrected chi connectivity index (χ4v) is 1.20. The first-order chi connectivity index (χ1) is 9.14. The van der Waals surface area contributed by atoms with E-state index in [1.807, 2.05) is 6.07 Å². The number of oxime groups is 1. The first-order valence-electron chi connectivity index (χ1n) is 5.84. The summed E-state index contributed by atoms with van der Waals surface area (Å²) in [6.07, 6.45) is 0.496. The van der Waals surface area contributed by atoms with Gasteiger partial charge in [0.1, 0.15) is 5.84 Å². The van der Waals surface area contributed by atoms with Gasteiger partial charge in [0.2, 0.25) is 0 Å². The Morgan fingerprint density at radius 1 is 1.21 bits per heavy atom. The lowest BCUT2D eigenvalue weighted by Crippen LogP contribution is -2.40. The van der Waals surface area contributed by atoms with Crippen LogP contribution < -0.4 is 5.73 Å². The molecular weight excluding hydrogens is 254 g/mol. The molecule has 0 aliphatic heterocycles. The number of nitriles is 1. The summed E-state index contributed by atoms with van der Waals surface area (Å²) < 4.78 is 10.5. The van der Waals surface area contributed by atoms with Gasteiger partial charge in [-0.1, -0.05) is 5.16 Å². The van der Waals surface area contributed by atoms with Crippen molar-refractivity contribution < 1.29 is 24.9 Å². The van der Waals surface area contributed by atoms with E-state index in [2.05, 4.69) is 5.16 Å². The van der Waals surface area contributed by atoms with Crippen molar-refractivity contribution in [1.29, 1.82) is 5.26 Å². The Bertz CT molecular complexity index is 299. The number of aliphatic hydroxyl groups excluding tert-OH is 2. The smallest absolute Gasteiger partial charge is 0.141 e. The van der Waals surface area contributed by atoms with Crippen molar-refractivity contribution in [2.75, 3.05) is 39.6 Å². The quantitative estimate of drug-likeness (QED) is 0.125. The lowest BCUT2D eigenvalue weighted by Gasteiger charge is -2.29. The largest absolute Gasteiger partial charge is 0.409 e. The molecule has 8 heteroatoms. The minimum atomic E-state index is -0.916. The Kier molecular flexibility index (Phi) is 9.74. The normalized spacial score (nSPS) is 12.4. The molecule has 0 rings (SSSR count). The van der Waals surface area contributed by atoms with E-state index in [-0.39, 0.29) is 58.3 Å². The van der Waals surface area contributed by atoms with Gasteiger partial charge < -0.3 is 30.6 Å². The Labute approximate surface area is 112 Å². The summed E-state index contributed by atoms with van der Waals surface area (Å²) in [6.45, 7) is -0.00598. The maximum Gasteiger partial charge on any atom is 0.141 e. The third-order valence-corrected chi connectivity index (χ3v) is 2.48. The molecule has 8 nitrogen and oxygen atoms in total. The summed E-state index contributed by atoms with van der Waals surface area (Å²) in [6, 6.07) is 1.93. The summed E-state index contributed by atoms with van der Waals surface area (Å²) in [7, 11) is 0. The molecular formula is C11H21N3O5. The first kappa shape index (κ1) is 17.6. The number of hydrogen-bond donors (Lipinski definition) is 4. The molecule has 5 N–H and O–H groups in total. The molecule has 0 atom stereocenters. The summed E-state index contributed by atoms with van der Waals surface area (Å²) in [5.74, 6) is 0.0452. The molecule has 0 unspecified atom stereocenters. The minimum Gasteiger partial charge on any atom is -0.409 e. The van der Waals surface area contributed by atoms with Gasteiger partial charge in [0.05, 0.1) is 57.5 Å². The second-order valence-electron chi connectivity index (χ2n) is 4.17. The number of rotatable bonds is 11. The van der Waals surface area contributed by atoms with E-state index >= 15 is 0 Å². The van der Waals surface area contributed by atoms with Crippen molar-refractivity contribution in [2.24, 2.45) is 16.3 Å². The highest BCUT2D eigenvalue weighted by Crippen LogP contribution is 2.17. The van der Waals surface area contributed by atoms with Crippen LogP contribution in [0.1, 0.15) is 12.8 Å². The lowest BCUT2D eigenvalue weighted by atomic mass is 9.92. The Morgan fingerprint density at radius 2 is 1.79 bits per heavy atom. The molecule has 0 aromatic carbocycles. The van der Waals surface area contributed by atoms with Crippen LogP contribution in [0.2, 0.25) is 0 Å². The number of amidine groups is 1. The van der Waals surface area contributed by atoms with Gasteiger partial charge >= 0.3 is 0 Å². The van der Waals surface area contributed by atoms with Crippen LogP contribution in [0.25, 0.3) is 0 Å². The molecule has 0 heterocycles. The van der Waals surface area contributed by atoms with Crippen LogP contribution in [0.5, 0.6) is 0 Å². The summed E-state index contributed by atoms with van der Waals surface area (Å²) in [5.41, 5.74) is 4.35. The molecule has 19 heavy (non-hydrogen) atoms. The molecule has 0 aromatic heterocycles. The van der Waals surface area contributed by atoms with E-state index in [4.69, 9.17) is 25.7 Å². The molecule has 0 fully saturated rings. The predicted molar refractivity (Wildman–Crippen MR) is 66.5 cm³/mol. The Morgan fingerprint density at radius 3 is 2.26 bits per heavy atom. The molecule has 0 aliphatic rings. The van der Waals surface area contributed by atoms with E-state index in [0.717, 1.165) is 0 Å². The van der Waals surface area contributed by atoms with E-state index in [9.17, 15) is 10.2 Å². The highest BCUT2D eigenvalue weighted by molar-refractivity contribution is 5.79. The predicted octanol–water partition coefficient (Wildman–Crippen LogP) is -0.959. The topological polar surface area (TPSA) is 141 Å². The van der Waals surface area contributed by atoms with Crippen LogP contribution in [0, 0.1) is 16.7 Å². The third-order valence-electron chi connectivity index (χ3n) is 2.48. The van der Waals surface area contributed by atoms with Crippen molar-refractivity contribution in [2.45, 2.75) is 12.8 Å². The Hall–Kier alpha value is -1.40. The van der Waals surface area contributed by atoms with E-state index in [1.54, 1.807) is 0 Å². The zero-order valence-corrected chi connectivity index (χ0v) is 10.8. The molecule has 0 aliphatic carbocycles. The molecule has 0 aromatic rings. The van der Waals surface area contributed by atoms with Crippen LogP contribution in [-0.2, 0) is 9.47 Å². The number of ether oxygens (including phenoxy) is 2. The van der Waals surface area contributed by atoms with E-state index < -0.39 is 5.41 Å². The SMILES string of the molecule is N#CCCOCC(CO)(CO)COCC/C(N)=N\O. The highest BCUT2D eigenvalue weighted by atomic mass is 16.5. The van der Waals surface area contributed by atoms with Crippen molar-refractivity contribution in [1.82, 2.24) is 0 Å². The zero-order chi connectivity index (χ0) is 14.6. The van der Waals surface area contributed by atoms with Crippen LogP contribution in [-0.4, -0.2) is 60.9 Å². The average molecular weight is 275 g/mol. The number of nitrogens with two attached hydrogens (primary N) is 1. The van der Waals surface area contributed by atoms with Gasteiger partial charge in [-0.15, -0.1) is 0 Å². The van der Waals surface area contributed by atoms with Gasteiger partial charge in [-0.25, -0.2) is 0 Å². The first-order valence-corrected chi connectivity index (χ1v) is 5.84. The van der Waals surface area contributed by atoms with Crippen LogP contribution in [0.15, 0.2) is 5.16 Å². The molecule has 0 radical (unpaired) electrons. The van der Waals surface area contributed by atoms with Gasteiger partial charge in [0.25, 0.3) is 0 Å². The van der Waals surface area contributed by atoms with Crippen molar-refractivity contribution >= 4 is 5.84 Å². The molecule has 0 saturated heterocycles. The van der Waals surface area contributed by atoms with Gasteiger partial charge in [-0.05, 0) is 0 Å². The molecule has 0 amide bonds. The van der Waals surface area contributed by atoms with Crippen LogP contribution in [0.4, 0.5) is 0 Å². The maximum atomic E-state index is 9.31. The van der Waals surface area contributed by atoms with Gasteiger partial charge in [0, 0.05) is 6.42 Å². The Balaban J connectivity index is 4.04. The second kappa shape index (κ2) is 10.5.